The Bertz CT molecular complexity index is 1010. The van der Waals surface area contributed by atoms with Gasteiger partial charge in [0.15, 0.2) is 0 Å². The Labute approximate surface area is 138 Å². The van der Waals surface area contributed by atoms with Crippen molar-refractivity contribution in [1.29, 1.82) is 0 Å². The van der Waals surface area contributed by atoms with E-state index < -0.39 is 0 Å². The Morgan fingerprint density at radius 1 is 0.667 bits per heavy atom. The van der Waals surface area contributed by atoms with Crippen molar-refractivity contribution < 1.29 is 9.50 Å². The molecular weight excluding hydrogens is 303 g/mol. The van der Waals surface area contributed by atoms with Crippen molar-refractivity contribution in [3.8, 4) is 28.3 Å². The summed E-state index contributed by atoms with van der Waals surface area (Å²) < 4.78 is 13.3. The van der Waals surface area contributed by atoms with E-state index in [0.717, 1.165) is 11.1 Å². The Balaban J connectivity index is 2.02. The first kappa shape index (κ1) is 14.3. The number of phenols is 1. The highest BCUT2D eigenvalue weighted by atomic mass is 19.1. The number of phenolic OH excluding ortho intramolecular Hbond substituents is 1. The SMILES string of the molecule is Oc1ccc2nc(-c3ccc(F)cc3)c(-c3ccccc3)nc2c1. The predicted molar refractivity (Wildman–Crippen MR) is 92.0 cm³/mol. The van der Waals surface area contributed by atoms with E-state index in [1.165, 1.54) is 12.1 Å². The number of benzene rings is 3. The van der Waals surface area contributed by atoms with Crippen LogP contribution in [-0.4, -0.2) is 15.1 Å². The molecule has 1 N–H and O–H groups in total. The van der Waals surface area contributed by atoms with E-state index in [2.05, 4.69) is 4.98 Å². The summed E-state index contributed by atoms with van der Waals surface area (Å²) in [6.07, 6.45) is 0. The number of hydrogen-bond donors (Lipinski definition) is 1. The molecular formula is C20H13FN2O. The lowest BCUT2D eigenvalue weighted by molar-refractivity contribution is 0.476. The molecule has 4 rings (SSSR count). The smallest absolute Gasteiger partial charge is 0.123 e. The minimum atomic E-state index is -0.293. The molecule has 0 saturated heterocycles. The van der Waals surface area contributed by atoms with E-state index in [1.54, 1.807) is 30.3 Å². The maximum atomic E-state index is 13.3. The quantitative estimate of drug-likeness (QED) is 0.577. The van der Waals surface area contributed by atoms with E-state index in [4.69, 9.17) is 4.98 Å². The summed E-state index contributed by atoms with van der Waals surface area (Å²) >= 11 is 0. The van der Waals surface area contributed by atoms with Crippen molar-refractivity contribution >= 4 is 11.0 Å². The van der Waals surface area contributed by atoms with Crippen molar-refractivity contribution in [2.75, 3.05) is 0 Å². The van der Waals surface area contributed by atoms with Gasteiger partial charge in [-0.25, -0.2) is 14.4 Å². The minimum Gasteiger partial charge on any atom is -0.508 e. The number of hydrogen-bond acceptors (Lipinski definition) is 3. The molecule has 1 aromatic heterocycles. The standard InChI is InChI=1S/C20H13FN2O/c21-15-8-6-14(7-9-15)20-19(13-4-2-1-3-5-13)23-18-12-16(24)10-11-17(18)22-20/h1-12,24H. The minimum absolute atomic E-state index is 0.144. The Kier molecular flexibility index (Phi) is 3.43. The van der Waals surface area contributed by atoms with E-state index >= 15 is 0 Å². The molecule has 0 aliphatic carbocycles. The molecule has 0 aliphatic rings. The van der Waals surface area contributed by atoms with Crippen LogP contribution in [0.2, 0.25) is 0 Å². The lowest BCUT2D eigenvalue weighted by atomic mass is 10.0. The van der Waals surface area contributed by atoms with Crippen LogP contribution >= 0.6 is 0 Å². The van der Waals surface area contributed by atoms with E-state index in [-0.39, 0.29) is 11.6 Å². The lowest BCUT2D eigenvalue weighted by Crippen LogP contribution is -1.95. The van der Waals surface area contributed by atoms with Gasteiger partial charge in [-0.05, 0) is 36.4 Å². The van der Waals surface area contributed by atoms with Gasteiger partial charge in [-0.3, -0.25) is 0 Å². The van der Waals surface area contributed by atoms with Crippen molar-refractivity contribution in [2.45, 2.75) is 0 Å². The first-order valence-corrected chi connectivity index (χ1v) is 7.53. The molecule has 0 amide bonds. The maximum Gasteiger partial charge on any atom is 0.123 e. The molecule has 3 nitrogen and oxygen atoms in total. The molecule has 0 atom stereocenters. The fraction of sp³-hybridized carbons (Fsp3) is 0. The first-order chi connectivity index (χ1) is 11.7. The third-order valence-electron chi connectivity index (χ3n) is 3.81. The van der Waals surface area contributed by atoms with Gasteiger partial charge < -0.3 is 5.11 Å². The van der Waals surface area contributed by atoms with Gasteiger partial charge in [-0.2, -0.15) is 0 Å². The van der Waals surface area contributed by atoms with Crippen LogP contribution in [0.15, 0.2) is 72.8 Å². The topological polar surface area (TPSA) is 46.0 Å². The van der Waals surface area contributed by atoms with E-state index in [9.17, 15) is 9.50 Å². The third-order valence-corrected chi connectivity index (χ3v) is 3.81. The average molecular weight is 316 g/mol. The van der Waals surface area contributed by atoms with Crippen LogP contribution in [-0.2, 0) is 0 Å². The summed E-state index contributed by atoms with van der Waals surface area (Å²) in [5, 5.41) is 9.70. The molecule has 0 bridgehead atoms. The molecule has 0 saturated carbocycles. The lowest BCUT2D eigenvalue weighted by Gasteiger charge is -2.10. The number of fused-ring (bicyclic) bond motifs is 1. The second-order valence-corrected chi connectivity index (χ2v) is 5.47. The highest BCUT2D eigenvalue weighted by Gasteiger charge is 2.13. The summed E-state index contributed by atoms with van der Waals surface area (Å²) in [7, 11) is 0. The zero-order valence-electron chi connectivity index (χ0n) is 12.6. The van der Waals surface area contributed by atoms with Gasteiger partial charge in [0.2, 0.25) is 0 Å². The van der Waals surface area contributed by atoms with Crippen molar-refractivity contribution in [1.82, 2.24) is 9.97 Å². The molecule has 116 valence electrons. The number of aromatic nitrogens is 2. The van der Waals surface area contributed by atoms with Gasteiger partial charge >= 0.3 is 0 Å². The molecule has 0 aliphatic heterocycles. The third kappa shape index (κ3) is 2.58. The van der Waals surface area contributed by atoms with Crippen LogP contribution in [0, 0.1) is 5.82 Å². The van der Waals surface area contributed by atoms with Gasteiger partial charge in [0.05, 0.1) is 22.4 Å². The summed E-state index contributed by atoms with van der Waals surface area (Å²) in [4.78, 5) is 9.39. The van der Waals surface area contributed by atoms with Gasteiger partial charge in [0.1, 0.15) is 11.6 Å². The van der Waals surface area contributed by atoms with Gasteiger partial charge in [-0.1, -0.05) is 30.3 Å². The Morgan fingerprint density at radius 2 is 1.29 bits per heavy atom. The zero-order valence-corrected chi connectivity index (χ0v) is 12.6. The van der Waals surface area contributed by atoms with Crippen LogP contribution in [0.4, 0.5) is 4.39 Å². The molecule has 4 heteroatoms. The van der Waals surface area contributed by atoms with Crippen molar-refractivity contribution in [2.24, 2.45) is 0 Å². The predicted octanol–water partition coefficient (Wildman–Crippen LogP) is 4.81. The van der Waals surface area contributed by atoms with E-state index in [1.807, 2.05) is 30.3 Å². The van der Waals surface area contributed by atoms with Gasteiger partial charge in [-0.15, -0.1) is 0 Å². The molecule has 0 fully saturated rings. The summed E-state index contributed by atoms with van der Waals surface area (Å²) in [6.45, 7) is 0. The van der Waals surface area contributed by atoms with Crippen LogP contribution in [0.5, 0.6) is 5.75 Å². The molecule has 0 spiro atoms. The van der Waals surface area contributed by atoms with E-state index in [0.29, 0.717) is 22.4 Å². The van der Waals surface area contributed by atoms with Crippen LogP contribution < -0.4 is 0 Å². The molecule has 1 heterocycles. The van der Waals surface area contributed by atoms with Gasteiger partial charge in [0, 0.05) is 17.2 Å². The highest BCUT2D eigenvalue weighted by Crippen LogP contribution is 2.31. The zero-order chi connectivity index (χ0) is 16.5. The largest absolute Gasteiger partial charge is 0.508 e. The number of halogens is 1. The number of aromatic hydroxyl groups is 1. The number of nitrogens with zero attached hydrogens (tertiary/aromatic N) is 2. The summed E-state index contributed by atoms with van der Waals surface area (Å²) in [6, 6.07) is 20.8. The maximum absolute atomic E-state index is 13.3. The fourth-order valence-corrected chi connectivity index (χ4v) is 2.65. The summed E-state index contributed by atoms with van der Waals surface area (Å²) in [5.41, 5.74) is 4.36. The molecule has 4 aromatic rings. The van der Waals surface area contributed by atoms with Crippen molar-refractivity contribution in [3.63, 3.8) is 0 Å². The second kappa shape index (κ2) is 5.74. The fourth-order valence-electron chi connectivity index (χ4n) is 2.65. The molecule has 0 unspecified atom stereocenters. The molecule has 3 aromatic carbocycles. The van der Waals surface area contributed by atoms with Gasteiger partial charge in [0.25, 0.3) is 0 Å². The number of rotatable bonds is 2. The first-order valence-electron chi connectivity index (χ1n) is 7.53. The summed E-state index contributed by atoms with van der Waals surface area (Å²) in [5.74, 6) is -0.149. The Hall–Kier alpha value is -3.27. The van der Waals surface area contributed by atoms with Crippen LogP contribution in [0.3, 0.4) is 0 Å². The molecule has 0 radical (unpaired) electrons. The van der Waals surface area contributed by atoms with Crippen LogP contribution in [0.1, 0.15) is 0 Å². The van der Waals surface area contributed by atoms with Crippen LogP contribution in [0.25, 0.3) is 33.5 Å². The normalized spacial score (nSPS) is 10.9. The second-order valence-electron chi connectivity index (χ2n) is 5.47. The molecule has 24 heavy (non-hydrogen) atoms. The average Bonchev–Trinajstić information content (AvgIpc) is 2.62. The highest BCUT2D eigenvalue weighted by molar-refractivity contribution is 5.86. The monoisotopic (exact) mass is 316 g/mol. The Morgan fingerprint density at radius 3 is 2.00 bits per heavy atom. The van der Waals surface area contributed by atoms with Crippen molar-refractivity contribution in [3.05, 3.63) is 78.6 Å².